The molecule has 1 atom stereocenters. The van der Waals surface area contributed by atoms with Gasteiger partial charge in [-0.1, -0.05) is 6.92 Å². The van der Waals surface area contributed by atoms with E-state index in [4.69, 9.17) is 5.11 Å². The molecule has 22 heavy (non-hydrogen) atoms. The van der Waals surface area contributed by atoms with Gasteiger partial charge in [-0.2, -0.15) is 0 Å². The van der Waals surface area contributed by atoms with Gasteiger partial charge in [0.25, 0.3) is 0 Å². The summed E-state index contributed by atoms with van der Waals surface area (Å²) in [5, 5.41) is 11.8. The third-order valence-electron chi connectivity index (χ3n) is 4.64. The lowest BCUT2D eigenvalue weighted by atomic mass is 9.85. The molecule has 0 spiro atoms. The molecule has 1 heterocycles. The van der Waals surface area contributed by atoms with E-state index >= 15 is 0 Å². The molecule has 2 aliphatic rings. The highest BCUT2D eigenvalue weighted by Crippen LogP contribution is 2.27. The van der Waals surface area contributed by atoms with E-state index in [2.05, 4.69) is 5.32 Å². The summed E-state index contributed by atoms with van der Waals surface area (Å²) < 4.78 is 14.0. The molecule has 0 aromatic carbocycles. The van der Waals surface area contributed by atoms with Gasteiger partial charge in [0.15, 0.2) is 0 Å². The highest BCUT2D eigenvalue weighted by molar-refractivity contribution is 5.75. The van der Waals surface area contributed by atoms with Crippen LogP contribution in [0.5, 0.6) is 0 Å². The lowest BCUT2D eigenvalue weighted by Gasteiger charge is -2.43. The Bertz CT molecular complexity index is 424. The number of carbonyl (C=O) groups is 2. The van der Waals surface area contributed by atoms with Gasteiger partial charge < -0.3 is 15.3 Å². The zero-order chi connectivity index (χ0) is 16.3. The van der Waals surface area contributed by atoms with Crippen molar-refractivity contribution in [3.05, 3.63) is 0 Å². The van der Waals surface area contributed by atoms with Gasteiger partial charge in [0.05, 0.1) is 13.1 Å². The lowest BCUT2D eigenvalue weighted by molar-refractivity contribution is -0.139. The second-order valence-electron chi connectivity index (χ2n) is 6.67. The topological polar surface area (TPSA) is 72.9 Å². The number of urea groups is 1. The van der Waals surface area contributed by atoms with Crippen LogP contribution >= 0.6 is 0 Å². The monoisotopic (exact) mass is 315 g/mol. The highest BCUT2D eigenvalue weighted by atomic mass is 19.1. The van der Waals surface area contributed by atoms with Gasteiger partial charge in [-0.15, -0.1) is 0 Å². The summed E-state index contributed by atoms with van der Waals surface area (Å²) in [5.41, 5.74) is -1.29. The van der Waals surface area contributed by atoms with Crippen LogP contribution in [0.15, 0.2) is 0 Å². The molecule has 0 aromatic heterocycles. The highest BCUT2D eigenvalue weighted by Gasteiger charge is 2.37. The molecule has 2 rings (SSSR count). The fourth-order valence-corrected chi connectivity index (χ4v) is 3.31. The van der Waals surface area contributed by atoms with Gasteiger partial charge in [-0.05, 0) is 39.2 Å². The van der Waals surface area contributed by atoms with Crippen molar-refractivity contribution in [2.45, 2.75) is 57.3 Å². The summed E-state index contributed by atoms with van der Waals surface area (Å²) in [6, 6.07) is 0.0700. The van der Waals surface area contributed by atoms with E-state index in [0.717, 1.165) is 12.8 Å². The number of hydrogen-bond donors (Lipinski definition) is 2. The Balaban J connectivity index is 1.75. The Morgan fingerprint density at radius 1 is 1.45 bits per heavy atom. The number of nitrogens with zero attached hydrogens (tertiary/aromatic N) is 2. The van der Waals surface area contributed by atoms with Crippen molar-refractivity contribution in [1.29, 1.82) is 0 Å². The van der Waals surface area contributed by atoms with E-state index in [1.165, 1.54) is 6.92 Å². The number of piperidine rings is 1. The predicted octanol–water partition coefficient (Wildman–Crippen LogP) is 1.46. The number of carbonyl (C=O) groups excluding carboxylic acids is 1. The first-order valence-corrected chi connectivity index (χ1v) is 8.01. The predicted molar refractivity (Wildman–Crippen MR) is 80.5 cm³/mol. The van der Waals surface area contributed by atoms with E-state index in [0.29, 0.717) is 25.9 Å². The number of rotatable bonds is 5. The maximum absolute atomic E-state index is 14.0. The zero-order valence-corrected chi connectivity index (χ0v) is 13.3. The van der Waals surface area contributed by atoms with E-state index in [-0.39, 0.29) is 31.2 Å². The van der Waals surface area contributed by atoms with E-state index in [9.17, 15) is 14.0 Å². The van der Waals surface area contributed by atoms with E-state index < -0.39 is 11.6 Å². The molecule has 0 radical (unpaired) electrons. The molecule has 2 N–H and O–H groups in total. The minimum atomic E-state index is -1.29. The normalized spacial score (nSPS) is 31.7. The van der Waals surface area contributed by atoms with Crippen LogP contribution in [0.25, 0.3) is 0 Å². The maximum Gasteiger partial charge on any atom is 0.317 e. The zero-order valence-electron chi connectivity index (χ0n) is 13.3. The molecule has 2 fully saturated rings. The molecule has 126 valence electrons. The minimum Gasteiger partial charge on any atom is -0.480 e. The molecule has 6 nitrogen and oxygen atoms in total. The average Bonchev–Trinajstić information content (AvgIpc) is 2.38. The number of amides is 2. The Hall–Kier alpha value is -1.37. The number of carboxylic acid groups (broad SMARTS) is 1. The third kappa shape index (κ3) is 4.32. The molecule has 0 aromatic rings. The number of likely N-dealkylation sites (N-methyl/N-ethyl adjacent to an activating group) is 1. The van der Waals surface area contributed by atoms with Gasteiger partial charge in [-0.25, -0.2) is 9.18 Å². The Labute approximate surface area is 130 Å². The first-order valence-electron chi connectivity index (χ1n) is 8.01. The second-order valence-corrected chi connectivity index (χ2v) is 6.67. The van der Waals surface area contributed by atoms with Crippen molar-refractivity contribution < 1.29 is 19.1 Å². The molecule has 2 amide bonds. The SMILES string of the molecule is CCN(CC(=O)O)C1CC(NC(=O)N2CCCC(C)(F)C2)C1. The van der Waals surface area contributed by atoms with E-state index in [1.807, 2.05) is 11.8 Å². The molecular formula is C15H26FN3O3. The quantitative estimate of drug-likeness (QED) is 0.805. The van der Waals surface area contributed by atoms with Crippen LogP contribution in [0.3, 0.4) is 0 Å². The fourth-order valence-electron chi connectivity index (χ4n) is 3.31. The molecule has 1 saturated heterocycles. The molecule has 7 heteroatoms. The van der Waals surface area contributed by atoms with Crippen molar-refractivity contribution in [2.24, 2.45) is 0 Å². The number of aliphatic carboxylic acids is 1. The largest absolute Gasteiger partial charge is 0.480 e. The molecule has 0 bridgehead atoms. The van der Waals surface area contributed by atoms with Crippen molar-refractivity contribution in [3.8, 4) is 0 Å². The molecule has 1 aliphatic heterocycles. The Kier molecular flexibility index (Phi) is 5.26. The van der Waals surface area contributed by atoms with Crippen LogP contribution < -0.4 is 5.32 Å². The summed E-state index contributed by atoms with van der Waals surface area (Å²) >= 11 is 0. The number of carboxylic acids is 1. The summed E-state index contributed by atoms with van der Waals surface area (Å²) in [7, 11) is 0. The van der Waals surface area contributed by atoms with Crippen molar-refractivity contribution in [3.63, 3.8) is 0 Å². The molecular weight excluding hydrogens is 289 g/mol. The summed E-state index contributed by atoms with van der Waals surface area (Å²) in [5.74, 6) is -0.829. The minimum absolute atomic E-state index is 0.0359. The maximum atomic E-state index is 14.0. The van der Waals surface area contributed by atoms with Gasteiger partial charge in [0.1, 0.15) is 5.67 Å². The van der Waals surface area contributed by atoms with Crippen LogP contribution in [0.2, 0.25) is 0 Å². The summed E-state index contributed by atoms with van der Waals surface area (Å²) in [4.78, 5) is 26.4. The second kappa shape index (κ2) is 6.81. The van der Waals surface area contributed by atoms with Crippen LogP contribution in [-0.2, 0) is 4.79 Å². The number of alkyl halides is 1. The number of nitrogens with one attached hydrogen (secondary N) is 1. The molecule has 1 aliphatic carbocycles. The molecule has 1 saturated carbocycles. The summed E-state index contributed by atoms with van der Waals surface area (Å²) in [6.45, 7) is 4.94. The third-order valence-corrected chi connectivity index (χ3v) is 4.64. The average molecular weight is 315 g/mol. The van der Waals surface area contributed by atoms with Crippen LogP contribution in [0.1, 0.15) is 39.5 Å². The number of hydrogen-bond acceptors (Lipinski definition) is 3. The Morgan fingerprint density at radius 2 is 2.14 bits per heavy atom. The van der Waals surface area contributed by atoms with Crippen molar-refractivity contribution >= 4 is 12.0 Å². The number of likely N-dealkylation sites (tertiary alicyclic amines) is 1. The Morgan fingerprint density at radius 3 is 2.68 bits per heavy atom. The lowest BCUT2D eigenvalue weighted by Crippen LogP contribution is -2.58. The molecule has 1 unspecified atom stereocenters. The van der Waals surface area contributed by atoms with Gasteiger partial charge in [-0.3, -0.25) is 9.69 Å². The number of halogens is 1. The van der Waals surface area contributed by atoms with Gasteiger partial charge in [0.2, 0.25) is 0 Å². The van der Waals surface area contributed by atoms with E-state index in [1.54, 1.807) is 4.90 Å². The van der Waals surface area contributed by atoms with Gasteiger partial charge >= 0.3 is 12.0 Å². The van der Waals surface area contributed by atoms with Crippen LogP contribution in [-0.4, -0.2) is 70.8 Å². The standard InChI is InChI=1S/C15H26FN3O3/c1-3-18(9-13(20)21)12-7-11(8-12)17-14(22)19-6-4-5-15(2,16)10-19/h11-12H,3-10H2,1-2H3,(H,17,22)(H,20,21). The smallest absolute Gasteiger partial charge is 0.317 e. The van der Waals surface area contributed by atoms with Crippen LogP contribution in [0.4, 0.5) is 9.18 Å². The fraction of sp³-hybridized carbons (Fsp3) is 0.867. The van der Waals surface area contributed by atoms with Crippen molar-refractivity contribution in [1.82, 2.24) is 15.1 Å². The first-order chi connectivity index (χ1) is 10.3. The van der Waals surface area contributed by atoms with Gasteiger partial charge in [0, 0.05) is 18.6 Å². The van der Waals surface area contributed by atoms with Crippen LogP contribution in [0, 0.1) is 0 Å². The van der Waals surface area contributed by atoms with Crippen molar-refractivity contribution in [2.75, 3.05) is 26.2 Å². The first kappa shape index (κ1) is 17.0. The summed E-state index contributed by atoms with van der Waals surface area (Å²) in [6.07, 6.45) is 2.71.